The number of benzene rings is 1. The van der Waals surface area contributed by atoms with E-state index in [9.17, 15) is 9.59 Å². The van der Waals surface area contributed by atoms with E-state index in [1.165, 1.54) is 0 Å². The van der Waals surface area contributed by atoms with Crippen LogP contribution in [-0.4, -0.2) is 50.9 Å². The van der Waals surface area contributed by atoms with E-state index in [-0.39, 0.29) is 24.4 Å². The number of hydrogen-bond donors (Lipinski definition) is 1. The average Bonchev–Trinajstić information content (AvgIpc) is 2.72. The van der Waals surface area contributed by atoms with Crippen LogP contribution in [0.15, 0.2) is 40.5 Å². The Bertz CT molecular complexity index is 886. The van der Waals surface area contributed by atoms with Crippen molar-refractivity contribution in [2.75, 3.05) is 33.5 Å². The van der Waals surface area contributed by atoms with Crippen LogP contribution in [-0.2, 0) is 19.1 Å². The molecule has 3 rings (SSSR count). The molecule has 0 bridgehead atoms. The number of nitrogens with two attached hydrogens (primary N) is 1. The van der Waals surface area contributed by atoms with Crippen molar-refractivity contribution >= 4 is 17.5 Å². The van der Waals surface area contributed by atoms with Gasteiger partial charge in [-0.15, -0.1) is 0 Å². The predicted octanol–water partition coefficient (Wildman–Crippen LogP) is 3.03. The lowest BCUT2D eigenvalue weighted by Crippen LogP contribution is -2.44. The Balaban J connectivity index is 2.16. The van der Waals surface area contributed by atoms with Crippen LogP contribution in [0.2, 0.25) is 0 Å². The molecule has 31 heavy (non-hydrogen) atoms. The van der Waals surface area contributed by atoms with Gasteiger partial charge in [-0.05, 0) is 36.5 Å². The molecule has 168 valence electrons. The minimum Gasteiger partial charge on any atom is -0.497 e. The third kappa shape index (κ3) is 5.05. The van der Waals surface area contributed by atoms with Crippen LogP contribution in [0.25, 0.3) is 0 Å². The third-order valence-corrected chi connectivity index (χ3v) is 5.72. The van der Waals surface area contributed by atoms with E-state index in [0.717, 1.165) is 11.3 Å². The van der Waals surface area contributed by atoms with Crippen molar-refractivity contribution in [2.24, 2.45) is 22.1 Å². The molecule has 2 aliphatic rings. The first kappa shape index (κ1) is 23.2. The van der Waals surface area contributed by atoms with Gasteiger partial charge in [0.05, 0.1) is 44.1 Å². The number of ketones is 1. The standard InChI is InChI=1S/C24H32N2O5/c1-5-31-23(28)22-18(14-30-11-10-25)26-17-12-24(2,3)13-19(27)21(17)20(22)15-6-8-16(29-4)9-7-15/h6-9,20-21H,5,10-14,25H2,1-4H3. The first-order valence-corrected chi connectivity index (χ1v) is 10.7. The zero-order chi connectivity index (χ0) is 22.6. The Morgan fingerprint density at radius 2 is 1.90 bits per heavy atom. The number of rotatable bonds is 8. The number of ether oxygens (including phenoxy) is 3. The molecule has 1 heterocycles. The quantitative estimate of drug-likeness (QED) is 0.505. The maximum absolute atomic E-state index is 13.3. The lowest BCUT2D eigenvalue weighted by Gasteiger charge is -2.41. The van der Waals surface area contributed by atoms with E-state index in [0.29, 0.717) is 43.0 Å². The molecule has 1 aromatic rings. The molecule has 7 nitrogen and oxygen atoms in total. The number of aliphatic imine (C=N–C) groups is 1. The second-order valence-corrected chi connectivity index (χ2v) is 8.74. The Morgan fingerprint density at radius 1 is 1.19 bits per heavy atom. The molecule has 1 fully saturated rings. The van der Waals surface area contributed by atoms with Crippen molar-refractivity contribution in [1.82, 2.24) is 0 Å². The van der Waals surface area contributed by atoms with Gasteiger partial charge in [0.15, 0.2) is 0 Å². The lowest BCUT2D eigenvalue weighted by molar-refractivity contribution is -0.139. The number of Topliss-reactive ketones (excluding diaryl/α,β-unsaturated/α-hetero) is 1. The van der Waals surface area contributed by atoms with Gasteiger partial charge in [-0.25, -0.2) is 4.79 Å². The molecule has 2 unspecified atom stereocenters. The molecule has 0 aromatic heterocycles. The number of hydrogen-bond acceptors (Lipinski definition) is 7. The van der Waals surface area contributed by atoms with E-state index in [4.69, 9.17) is 24.9 Å². The van der Waals surface area contributed by atoms with Crippen LogP contribution in [0.3, 0.4) is 0 Å². The van der Waals surface area contributed by atoms with Gasteiger partial charge in [0.2, 0.25) is 0 Å². The summed E-state index contributed by atoms with van der Waals surface area (Å²) in [5.41, 5.74) is 7.96. The van der Waals surface area contributed by atoms with Gasteiger partial charge in [-0.1, -0.05) is 26.0 Å². The molecule has 0 amide bonds. The van der Waals surface area contributed by atoms with Gasteiger partial charge in [0.25, 0.3) is 0 Å². The van der Waals surface area contributed by atoms with Crippen molar-refractivity contribution in [1.29, 1.82) is 0 Å². The van der Waals surface area contributed by atoms with E-state index in [2.05, 4.69) is 13.8 Å². The molecule has 1 aromatic carbocycles. The lowest BCUT2D eigenvalue weighted by atomic mass is 9.63. The van der Waals surface area contributed by atoms with Crippen LogP contribution >= 0.6 is 0 Å². The zero-order valence-corrected chi connectivity index (χ0v) is 18.8. The summed E-state index contributed by atoms with van der Waals surface area (Å²) in [6, 6.07) is 7.48. The number of nitrogens with zero attached hydrogens (tertiary/aromatic N) is 1. The Hall–Kier alpha value is -2.51. The van der Waals surface area contributed by atoms with Crippen LogP contribution in [0.1, 0.15) is 45.1 Å². The molecule has 0 radical (unpaired) electrons. The highest BCUT2D eigenvalue weighted by molar-refractivity contribution is 6.12. The molecular formula is C24H32N2O5. The van der Waals surface area contributed by atoms with Gasteiger partial charge in [-0.2, -0.15) is 0 Å². The summed E-state index contributed by atoms with van der Waals surface area (Å²) < 4.78 is 16.3. The highest BCUT2D eigenvalue weighted by atomic mass is 16.5. The smallest absolute Gasteiger partial charge is 0.336 e. The van der Waals surface area contributed by atoms with E-state index < -0.39 is 17.8 Å². The summed E-state index contributed by atoms with van der Waals surface area (Å²) in [5.74, 6) is -0.621. The van der Waals surface area contributed by atoms with Gasteiger partial charge in [0.1, 0.15) is 11.5 Å². The molecule has 1 aliphatic heterocycles. The van der Waals surface area contributed by atoms with Crippen LogP contribution in [0.5, 0.6) is 5.75 Å². The topological polar surface area (TPSA) is 100 Å². The molecule has 1 saturated carbocycles. The fraction of sp³-hybridized carbons (Fsp3) is 0.542. The molecule has 7 heteroatoms. The fourth-order valence-electron chi connectivity index (χ4n) is 4.48. The van der Waals surface area contributed by atoms with Crippen LogP contribution < -0.4 is 10.5 Å². The number of esters is 1. The maximum atomic E-state index is 13.3. The summed E-state index contributed by atoms with van der Waals surface area (Å²) >= 11 is 0. The molecule has 2 N–H and O–H groups in total. The average molecular weight is 429 g/mol. The van der Waals surface area contributed by atoms with E-state index in [1.807, 2.05) is 24.3 Å². The second kappa shape index (κ2) is 9.75. The number of carbonyl (C=O) groups is 2. The number of methoxy groups -OCH3 is 1. The summed E-state index contributed by atoms with van der Waals surface area (Å²) in [7, 11) is 1.60. The van der Waals surface area contributed by atoms with Crippen molar-refractivity contribution in [3.05, 3.63) is 41.1 Å². The van der Waals surface area contributed by atoms with Gasteiger partial charge < -0.3 is 19.9 Å². The largest absolute Gasteiger partial charge is 0.497 e. The molecule has 0 spiro atoms. The number of carbonyl (C=O) groups excluding carboxylic acids is 2. The predicted molar refractivity (Wildman–Crippen MR) is 118 cm³/mol. The Kier molecular flexibility index (Phi) is 7.28. The van der Waals surface area contributed by atoms with Crippen molar-refractivity contribution in [3.63, 3.8) is 0 Å². The van der Waals surface area contributed by atoms with Gasteiger partial charge in [-0.3, -0.25) is 9.79 Å². The van der Waals surface area contributed by atoms with Crippen LogP contribution in [0, 0.1) is 11.3 Å². The minimum absolute atomic E-state index is 0.0968. The summed E-state index contributed by atoms with van der Waals surface area (Å²) in [5, 5.41) is 0. The molecule has 0 saturated heterocycles. The zero-order valence-electron chi connectivity index (χ0n) is 18.8. The van der Waals surface area contributed by atoms with E-state index >= 15 is 0 Å². The summed E-state index contributed by atoms with van der Waals surface area (Å²) in [6.45, 7) is 7.00. The third-order valence-electron chi connectivity index (χ3n) is 5.72. The number of fused-ring (bicyclic) bond motifs is 1. The molecule has 2 atom stereocenters. The summed E-state index contributed by atoms with van der Waals surface area (Å²) in [4.78, 5) is 31.2. The minimum atomic E-state index is -0.487. The van der Waals surface area contributed by atoms with Crippen molar-refractivity contribution in [3.8, 4) is 5.75 Å². The maximum Gasteiger partial charge on any atom is 0.336 e. The summed E-state index contributed by atoms with van der Waals surface area (Å²) in [6.07, 6.45) is 1.13. The first-order valence-electron chi connectivity index (χ1n) is 10.7. The highest BCUT2D eigenvalue weighted by Gasteiger charge is 2.48. The normalized spacial score (nSPS) is 22.6. The first-order chi connectivity index (χ1) is 14.8. The monoisotopic (exact) mass is 428 g/mol. The highest BCUT2D eigenvalue weighted by Crippen LogP contribution is 2.47. The Morgan fingerprint density at radius 3 is 2.52 bits per heavy atom. The second-order valence-electron chi connectivity index (χ2n) is 8.74. The van der Waals surface area contributed by atoms with E-state index in [1.54, 1.807) is 14.0 Å². The Labute approximate surface area is 183 Å². The van der Waals surface area contributed by atoms with Gasteiger partial charge in [0, 0.05) is 24.6 Å². The SMILES string of the molecule is CCOC(=O)C1=C(COCCN)N=C2CC(C)(C)CC(=O)C2C1c1ccc(OC)cc1. The van der Waals surface area contributed by atoms with Crippen LogP contribution in [0.4, 0.5) is 0 Å². The molecule has 1 aliphatic carbocycles. The van der Waals surface area contributed by atoms with Gasteiger partial charge >= 0.3 is 5.97 Å². The van der Waals surface area contributed by atoms with Crippen molar-refractivity contribution in [2.45, 2.75) is 39.5 Å². The fourth-order valence-corrected chi connectivity index (χ4v) is 4.48. The molecular weight excluding hydrogens is 396 g/mol. The van der Waals surface area contributed by atoms with Crippen molar-refractivity contribution < 1.29 is 23.8 Å².